The molecule has 1 aliphatic heterocycles. The molecule has 0 spiro atoms. The third-order valence-electron chi connectivity index (χ3n) is 5.21. The highest BCUT2D eigenvalue weighted by atomic mass is 32.1. The van der Waals surface area contributed by atoms with Gasteiger partial charge in [-0.15, -0.1) is 11.3 Å². The summed E-state index contributed by atoms with van der Waals surface area (Å²) >= 11 is 1.42. The topological polar surface area (TPSA) is 58.1 Å². The number of rotatable bonds is 4. The molecule has 1 aromatic carbocycles. The molecule has 1 aliphatic rings. The Hall–Kier alpha value is -2.54. The molecule has 1 saturated heterocycles. The second-order valence-electron chi connectivity index (χ2n) is 7.44. The first-order valence-corrected chi connectivity index (χ1v) is 10.4. The fourth-order valence-electron chi connectivity index (χ4n) is 3.76. The van der Waals surface area contributed by atoms with Crippen LogP contribution in [0.1, 0.15) is 40.6 Å². The molecule has 28 heavy (non-hydrogen) atoms. The molecule has 2 aromatic heterocycles. The van der Waals surface area contributed by atoms with Gasteiger partial charge in [-0.25, -0.2) is 14.4 Å². The van der Waals surface area contributed by atoms with Crippen LogP contribution < -0.4 is 5.32 Å². The maximum absolute atomic E-state index is 13.4. The van der Waals surface area contributed by atoms with E-state index >= 15 is 0 Å². The molecule has 1 fully saturated rings. The maximum Gasteiger partial charge on any atom is 0.264 e. The Morgan fingerprint density at radius 2 is 2.25 bits per heavy atom. The molecular weight excluding hydrogens is 375 g/mol. The lowest BCUT2D eigenvalue weighted by Crippen LogP contribution is -2.38. The van der Waals surface area contributed by atoms with Gasteiger partial charge in [-0.1, -0.05) is 19.1 Å². The lowest BCUT2D eigenvalue weighted by atomic mass is 10.00. The van der Waals surface area contributed by atoms with E-state index in [-0.39, 0.29) is 11.7 Å². The van der Waals surface area contributed by atoms with Crippen molar-refractivity contribution >= 4 is 33.3 Å². The lowest BCUT2D eigenvalue weighted by molar-refractivity contribution is 0.0687. The van der Waals surface area contributed by atoms with Crippen molar-refractivity contribution in [2.24, 2.45) is 5.92 Å². The summed E-state index contributed by atoms with van der Waals surface area (Å²) in [6.07, 6.45) is 3.73. The molecule has 4 rings (SSSR count). The van der Waals surface area contributed by atoms with Crippen LogP contribution in [0.3, 0.4) is 0 Å². The first-order valence-electron chi connectivity index (χ1n) is 9.54. The Labute approximate surface area is 167 Å². The predicted molar refractivity (Wildman–Crippen MR) is 110 cm³/mol. The zero-order valence-corrected chi connectivity index (χ0v) is 16.9. The average molecular weight is 399 g/mol. The number of carbonyl (C=O) groups is 1. The molecule has 3 aromatic rings. The van der Waals surface area contributed by atoms with Crippen molar-refractivity contribution in [1.29, 1.82) is 0 Å². The Balaban J connectivity index is 1.62. The first-order chi connectivity index (χ1) is 13.5. The van der Waals surface area contributed by atoms with Crippen LogP contribution in [-0.4, -0.2) is 33.9 Å². The van der Waals surface area contributed by atoms with Crippen LogP contribution in [-0.2, 0) is 6.54 Å². The van der Waals surface area contributed by atoms with Gasteiger partial charge < -0.3 is 10.2 Å². The lowest BCUT2D eigenvalue weighted by Gasteiger charge is -2.30. The van der Waals surface area contributed by atoms with Gasteiger partial charge in [0.05, 0.1) is 10.3 Å². The van der Waals surface area contributed by atoms with Crippen LogP contribution in [0.25, 0.3) is 10.2 Å². The van der Waals surface area contributed by atoms with Crippen LogP contribution in [0, 0.1) is 18.7 Å². The molecule has 0 saturated carbocycles. The largest absolute Gasteiger partial charge is 0.365 e. The highest BCUT2D eigenvalue weighted by Crippen LogP contribution is 2.34. The van der Waals surface area contributed by atoms with Crippen molar-refractivity contribution in [2.45, 2.75) is 33.2 Å². The number of piperidine rings is 1. The molecule has 1 atom stereocenters. The Morgan fingerprint density at radius 1 is 1.39 bits per heavy atom. The number of nitrogens with zero attached hydrogens (tertiary/aromatic N) is 3. The van der Waals surface area contributed by atoms with Gasteiger partial charge >= 0.3 is 0 Å². The summed E-state index contributed by atoms with van der Waals surface area (Å²) in [4.78, 5) is 25.3. The van der Waals surface area contributed by atoms with Crippen molar-refractivity contribution in [1.82, 2.24) is 14.9 Å². The summed E-state index contributed by atoms with van der Waals surface area (Å²) in [6.45, 7) is 6.22. The van der Waals surface area contributed by atoms with Gasteiger partial charge in [0.2, 0.25) is 0 Å². The fraction of sp³-hybridized carbons (Fsp3) is 0.381. The highest BCUT2D eigenvalue weighted by Gasteiger charge is 2.26. The van der Waals surface area contributed by atoms with Crippen LogP contribution in [0.5, 0.6) is 0 Å². The van der Waals surface area contributed by atoms with Crippen LogP contribution in [0.15, 0.2) is 30.6 Å². The van der Waals surface area contributed by atoms with Gasteiger partial charge in [0.1, 0.15) is 22.8 Å². The van der Waals surface area contributed by atoms with Crippen LogP contribution in [0.4, 0.5) is 10.2 Å². The minimum atomic E-state index is -0.262. The fourth-order valence-corrected chi connectivity index (χ4v) is 4.88. The number of halogens is 1. The molecule has 0 unspecified atom stereocenters. The minimum absolute atomic E-state index is 0.0862. The van der Waals surface area contributed by atoms with Gasteiger partial charge in [-0.3, -0.25) is 4.79 Å². The molecule has 3 heterocycles. The van der Waals surface area contributed by atoms with E-state index in [4.69, 9.17) is 0 Å². The highest BCUT2D eigenvalue weighted by molar-refractivity contribution is 7.20. The van der Waals surface area contributed by atoms with E-state index in [0.29, 0.717) is 18.3 Å². The van der Waals surface area contributed by atoms with Crippen molar-refractivity contribution in [3.63, 3.8) is 0 Å². The van der Waals surface area contributed by atoms with E-state index in [9.17, 15) is 9.18 Å². The monoisotopic (exact) mass is 398 g/mol. The number of hydrogen-bond donors (Lipinski definition) is 1. The van der Waals surface area contributed by atoms with Crippen molar-refractivity contribution in [3.8, 4) is 0 Å². The molecule has 0 bridgehead atoms. The molecule has 0 aliphatic carbocycles. The summed E-state index contributed by atoms with van der Waals surface area (Å²) < 4.78 is 13.4. The second-order valence-corrected chi connectivity index (χ2v) is 8.44. The number of benzene rings is 1. The van der Waals surface area contributed by atoms with Gasteiger partial charge in [-0.05, 0) is 48.9 Å². The average Bonchev–Trinajstić information content (AvgIpc) is 3.03. The summed E-state index contributed by atoms with van der Waals surface area (Å²) in [7, 11) is 0. The number of amides is 1. The third-order valence-corrected chi connectivity index (χ3v) is 6.40. The zero-order valence-electron chi connectivity index (χ0n) is 16.0. The number of carbonyl (C=O) groups excluding carboxylic acids is 1. The van der Waals surface area contributed by atoms with E-state index in [1.54, 1.807) is 6.07 Å². The molecule has 1 N–H and O–H groups in total. The van der Waals surface area contributed by atoms with E-state index in [1.165, 1.54) is 36.2 Å². The summed E-state index contributed by atoms with van der Waals surface area (Å²) in [5.41, 5.74) is 1.74. The predicted octanol–water partition coefficient (Wildman–Crippen LogP) is 4.62. The van der Waals surface area contributed by atoms with Crippen LogP contribution in [0.2, 0.25) is 0 Å². The van der Waals surface area contributed by atoms with Crippen molar-refractivity contribution in [2.75, 3.05) is 18.4 Å². The van der Waals surface area contributed by atoms with E-state index < -0.39 is 0 Å². The number of anilines is 1. The van der Waals surface area contributed by atoms with Crippen molar-refractivity contribution < 1.29 is 9.18 Å². The Bertz CT molecular complexity index is 1020. The van der Waals surface area contributed by atoms with E-state index in [2.05, 4.69) is 22.2 Å². The number of hydrogen-bond acceptors (Lipinski definition) is 5. The summed E-state index contributed by atoms with van der Waals surface area (Å²) in [6, 6.07) is 6.47. The van der Waals surface area contributed by atoms with E-state index in [1.807, 2.05) is 17.9 Å². The normalized spacial score (nSPS) is 17.1. The van der Waals surface area contributed by atoms with E-state index in [0.717, 1.165) is 45.7 Å². The number of thiophene rings is 1. The zero-order chi connectivity index (χ0) is 19.7. The molecule has 0 radical (unpaired) electrons. The smallest absolute Gasteiger partial charge is 0.264 e. The molecule has 7 heteroatoms. The number of nitrogens with one attached hydrogen (secondary N) is 1. The quantitative estimate of drug-likeness (QED) is 0.697. The standard InChI is InChI=1S/C21H23FN4OS/c1-13-5-4-8-26(11-13)21(27)18-14(2)17-19(24-12-25-20(17)28-18)23-10-15-6-3-7-16(22)9-15/h3,6-7,9,12-13H,4-5,8,10-11H2,1-2H3,(H,23,24,25)/t13-/m0/s1. The molecule has 146 valence electrons. The van der Waals surface area contributed by atoms with Gasteiger partial charge in [0.15, 0.2) is 0 Å². The summed E-state index contributed by atoms with van der Waals surface area (Å²) in [5, 5.41) is 4.15. The van der Waals surface area contributed by atoms with Crippen molar-refractivity contribution in [3.05, 3.63) is 52.4 Å². The number of aryl methyl sites for hydroxylation is 1. The first kappa shape index (κ1) is 18.8. The Morgan fingerprint density at radius 3 is 3.04 bits per heavy atom. The van der Waals surface area contributed by atoms with Crippen LogP contribution >= 0.6 is 11.3 Å². The minimum Gasteiger partial charge on any atom is -0.365 e. The maximum atomic E-state index is 13.4. The number of likely N-dealkylation sites (tertiary alicyclic amines) is 1. The summed E-state index contributed by atoms with van der Waals surface area (Å²) in [5.74, 6) is 1.04. The van der Waals surface area contributed by atoms with Gasteiger partial charge in [-0.2, -0.15) is 0 Å². The number of fused-ring (bicyclic) bond motifs is 1. The second kappa shape index (κ2) is 7.83. The Kier molecular flexibility index (Phi) is 5.26. The molecular formula is C21H23FN4OS. The SMILES string of the molecule is Cc1c(C(=O)N2CCC[C@H](C)C2)sc2ncnc(NCc3cccc(F)c3)c12. The molecule has 5 nitrogen and oxygen atoms in total. The molecule has 1 amide bonds. The van der Waals surface area contributed by atoms with Gasteiger partial charge in [0.25, 0.3) is 5.91 Å². The third kappa shape index (κ3) is 3.71. The van der Waals surface area contributed by atoms with Gasteiger partial charge in [0, 0.05) is 19.6 Å². The number of aromatic nitrogens is 2.